The van der Waals surface area contributed by atoms with E-state index in [0.717, 1.165) is 22.3 Å². The second-order valence-corrected chi connectivity index (χ2v) is 7.03. The van der Waals surface area contributed by atoms with Crippen molar-refractivity contribution in [3.63, 3.8) is 0 Å². The number of carbonyl (C=O) groups is 2. The molecule has 4 rings (SSSR count). The van der Waals surface area contributed by atoms with Crippen LogP contribution in [0.1, 0.15) is 11.1 Å². The first-order chi connectivity index (χ1) is 13.6. The molecule has 0 saturated carbocycles. The summed E-state index contributed by atoms with van der Waals surface area (Å²) in [6, 6.07) is 24.4. The fourth-order valence-electron chi connectivity index (χ4n) is 3.66. The van der Waals surface area contributed by atoms with E-state index in [4.69, 9.17) is 0 Å². The van der Waals surface area contributed by atoms with Crippen LogP contribution in [0.3, 0.4) is 0 Å². The minimum Gasteiger partial charge on any atom is -0.479 e. The molecule has 3 aromatic rings. The van der Waals surface area contributed by atoms with E-state index in [1.165, 1.54) is 0 Å². The van der Waals surface area contributed by atoms with Gasteiger partial charge in [0.05, 0.1) is 0 Å². The molecule has 0 unspecified atom stereocenters. The molecule has 0 bridgehead atoms. The minimum atomic E-state index is -1.32. The summed E-state index contributed by atoms with van der Waals surface area (Å²) in [6.07, 6.45) is 0.553. The van der Waals surface area contributed by atoms with Crippen molar-refractivity contribution >= 4 is 17.7 Å². The van der Waals surface area contributed by atoms with Crippen LogP contribution in [0.4, 0.5) is 10.5 Å². The lowest BCUT2D eigenvalue weighted by Gasteiger charge is -2.25. The highest BCUT2D eigenvalue weighted by Gasteiger charge is 2.45. The Kier molecular flexibility index (Phi) is 4.57. The Bertz CT molecular complexity index is 989. The average Bonchev–Trinajstić information content (AvgIpc) is 3.08. The van der Waals surface area contributed by atoms with Crippen LogP contribution in [-0.2, 0) is 17.6 Å². The number of amides is 2. The molecule has 0 fully saturated rings. The number of carboxylic acid groups (broad SMARTS) is 1. The number of aliphatic carboxylic acids is 1. The van der Waals surface area contributed by atoms with Gasteiger partial charge < -0.3 is 15.7 Å². The molecule has 1 aliphatic rings. The van der Waals surface area contributed by atoms with E-state index >= 15 is 0 Å². The Hall–Kier alpha value is -3.60. The number of carbonyl (C=O) groups excluding carboxylic acids is 1. The molecule has 0 heterocycles. The van der Waals surface area contributed by atoms with Gasteiger partial charge in [0, 0.05) is 18.5 Å². The lowest BCUT2D eigenvalue weighted by Crippen LogP contribution is -2.56. The highest BCUT2D eigenvalue weighted by atomic mass is 16.4. The molecule has 0 aromatic heterocycles. The number of hydrogen-bond donors (Lipinski definition) is 3. The number of hydrogen-bond acceptors (Lipinski definition) is 2. The quantitative estimate of drug-likeness (QED) is 0.645. The molecule has 3 N–H and O–H groups in total. The molecule has 1 aliphatic carbocycles. The fraction of sp³-hybridized carbons (Fsp3) is 0.130. The van der Waals surface area contributed by atoms with Gasteiger partial charge in [-0.15, -0.1) is 0 Å². The molecule has 0 aliphatic heterocycles. The van der Waals surface area contributed by atoms with Gasteiger partial charge in [-0.05, 0) is 34.4 Å². The van der Waals surface area contributed by atoms with Crippen molar-refractivity contribution in [2.24, 2.45) is 0 Å². The summed E-state index contributed by atoms with van der Waals surface area (Å²) >= 11 is 0. The highest BCUT2D eigenvalue weighted by Crippen LogP contribution is 2.30. The van der Waals surface area contributed by atoms with Gasteiger partial charge in [-0.1, -0.05) is 66.7 Å². The van der Waals surface area contributed by atoms with E-state index in [0.29, 0.717) is 5.69 Å². The third-order valence-electron chi connectivity index (χ3n) is 5.11. The number of anilines is 1. The molecule has 3 aromatic carbocycles. The first kappa shape index (κ1) is 17.8. The van der Waals surface area contributed by atoms with Crippen LogP contribution in [-0.4, -0.2) is 22.6 Å². The maximum atomic E-state index is 12.5. The third-order valence-corrected chi connectivity index (χ3v) is 5.11. The molecule has 0 radical (unpaired) electrons. The molecular formula is C23H20N2O3. The van der Waals surface area contributed by atoms with Crippen LogP contribution in [0.5, 0.6) is 0 Å². The SMILES string of the molecule is O=C(Nc1ccc(-c2ccccc2)cc1)NC1(C(=O)O)Cc2ccccc2C1. The number of nitrogens with one attached hydrogen (secondary N) is 2. The Morgan fingerprint density at radius 2 is 1.29 bits per heavy atom. The highest BCUT2D eigenvalue weighted by molar-refractivity contribution is 5.95. The maximum absolute atomic E-state index is 12.5. The summed E-state index contributed by atoms with van der Waals surface area (Å²) in [7, 11) is 0. The van der Waals surface area contributed by atoms with Crippen molar-refractivity contribution in [2.45, 2.75) is 18.4 Å². The summed E-state index contributed by atoms with van der Waals surface area (Å²) in [5.74, 6) is -1.03. The van der Waals surface area contributed by atoms with Crippen molar-refractivity contribution in [1.29, 1.82) is 0 Å². The first-order valence-corrected chi connectivity index (χ1v) is 9.11. The van der Waals surface area contributed by atoms with Crippen molar-refractivity contribution in [3.05, 3.63) is 90.0 Å². The van der Waals surface area contributed by atoms with Crippen LogP contribution in [0.2, 0.25) is 0 Å². The summed E-state index contributed by atoms with van der Waals surface area (Å²) in [6.45, 7) is 0. The Morgan fingerprint density at radius 1 is 0.750 bits per heavy atom. The van der Waals surface area contributed by atoms with E-state index in [1.807, 2.05) is 66.7 Å². The lowest BCUT2D eigenvalue weighted by molar-refractivity contribution is -0.144. The van der Waals surface area contributed by atoms with Gasteiger partial charge in [-0.3, -0.25) is 0 Å². The van der Waals surface area contributed by atoms with Crippen LogP contribution in [0.25, 0.3) is 11.1 Å². The molecule has 0 spiro atoms. The molecular weight excluding hydrogens is 352 g/mol. The second kappa shape index (κ2) is 7.19. The van der Waals surface area contributed by atoms with Crippen LogP contribution in [0.15, 0.2) is 78.9 Å². The number of urea groups is 1. The summed E-state index contributed by atoms with van der Waals surface area (Å²) in [5, 5.41) is 15.2. The average molecular weight is 372 g/mol. The number of rotatable bonds is 4. The smallest absolute Gasteiger partial charge is 0.330 e. The normalized spacial score (nSPS) is 14.1. The predicted molar refractivity (Wildman–Crippen MR) is 108 cm³/mol. The first-order valence-electron chi connectivity index (χ1n) is 9.11. The van der Waals surface area contributed by atoms with Crippen LogP contribution >= 0.6 is 0 Å². The van der Waals surface area contributed by atoms with Crippen molar-refractivity contribution < 1.29 is 14.7 Å². The number of carboxylic acids is 1. The summed E-state index contributed by atoms with van der Waals surface area (Å²) in [5.41, 5.74) is 3.33. The molecule has 5 heteroatoms. The second-order valence-electron chi connectivity index (χ2n) is 7.03. The monoisotopic (exact) mass is 372 g/mol. The Balaban J connectivity index is 1.46. The molecule has 28 heavy (non-hydrogen) atoms. The number of fused-ring (bicyclic) bond motifs is 1. The third kappa shape index (κ3) is 3.47. The molecule has 0 saturated heterocycles. The van der Waals surface area contributed by atoms with Crippen molar-refractivity contribution in [1.82, 2.24) is 5.32 Å². The topological polar surface area (TPSA) is 78.4 Å². The predicted octanol–water partition coefficient (Wildman–Crippen LogP) is 4.10. The lowest BCUT2D eigenvalue weighted by atomic mass is 9.96. The van der Waals surface area contributed by atoms with Crippen molar-refractivity contribution in [2.75, 3.05) is 5.32 Å². The van der Waals surface area contributed by atoms with Crippen LogP contribution < -0.4 is 10.6 Å². The summed E-state index contributed by atoms with van der Waals surface area (Å²) < 4.78 is 0. The van der Waals surface area contributed by atoms with Gasteiger partial charge in [-0.25, -0.2) is 9.59 Å². The fourth-order valence-corrected chi connectivity index (χ4v) is 3.66. The standard InChI is InChI=1S/C23H20N2O3/c26-21(27)23(14-18-8-4-5-9-19(18)15-23)25-22(28)24-20-12-10-17(11-13-20)16-6-2-1-3-7-16/h1-13H,14-15H2,(H,26,27)(H2,24,25,28). The van der Waals surface area contributed by atoms with Gasteiger partial charge >= 0.3 is 12.0 Å². The van der Waals surface area contributed by atoms with E-state index in [2.05, 4.69) is 10.6 Å². The van der Waals surface area contributed by atoms with Gasteiger partial charge in [0.1, 0.15) is 5.54 Å². The zero-order valence-corrected chi connectivity index (χ0v) is 15.2. The zero-order chi connectivity index (χ0) is 19.6. The maximum Gasteiger partial charge on any atom is 0.330 e. The van der Waals surface area contributed by atoms with Crippen LogP contribution in [0, 0.1) is 0 Å². The van der Waals surface area contributed by atoms with Gasteiger partial charge in [0.2, 0.25) is 0 Å². The Morgan fingerprint density at radius 3 is 1.86 bits per heavy atom. The molecule has 5 nitrogen and oxygen atoms in total. The minimum absolute atomic E-state index is 0.277. The largest absolute Gasteiger partial charge is 0.479 e. The molecule has 2 amide bonds. The van der Waals surface area contributed by atoms with E-state index in [1.54, 1.807) is 12.1 Å². The van der Waals surface area contributed by atoms with Gasteiger partial charge in [0.15, 0.2) is 0 Å². The van der Waals surface area contributed by atoms with E-state index < -0.39 is 17.5 Å². The zero-order valence-electron chi connectivity index (χ0n) is 15.2. The Labute approximate surface area is 163 Å². The summed E-state index contributed by atoms with van der Waals surface area (Å²) in [4.78, 5) is 24.4. The molecule has 0 atom stereocenters. The van der Waals surface area contributed by atoms with E-state index in [9.17, 15) is 14.7 Å². The van der Waals surface area contributed by atoms with E-state index in [-0.39, 0.29) is 12.8 Å². The van der Waals surface area contributed by atoms with Crippen molar-refractivity contribution in [3.8, 4) is 11.1 Å². The van der Waals surface area contributed by atoms with Gasteiger partial charge in [-0.2, -0.15) is 0 Å². The number of benzene rings is 3. The van der Waals surface area contributed by atoms with Gasteiger partial charge in [0.25, 0.3) is 0 Å². The molecule has 140 valence electrons.